The highest BCUT2D eigenvalue weighted by molar-refractivity contribution is 5.90. The zero-order chi connectivity index (χ0) is 19.6. The molecule has 1 aromatic carbocycles. The van der Waals surface area contributed by atoms with E-state index in [9.17, 15) is 15.0 Å². The minimum absolute atomic E-state index is 0.0396. The smallest absolute Gasteiger partial charge is 0.335 e. The molecule has 0 aliphatic heterocycles. The molecule has 0 radical (unpaired) electrons. The molecule has 0 saturated heterocycles. The third-order valence-corrected chi connectivity index (χ3v) is 4.38. The monoisotopic (exact) mass is 366 g/mol. The van der Waals surface area contributed by atoms with Gasteiger partial charge in [0, 0.05) is 35.9 Å². The van der Waals surface area contributed by atoms with Crippen LogP contribution in [-0.2, 0) is 6.42 Å². The first-order chi connectivity index (χ1) is 12.9. The van der Waals surface area contributed by atoms with Crippen LogP contribution in [0.2, 0.25) is 0 Å². The number of aromatic amines is 1. The number of benzene rings is 1. The number of aromatic hydroxyl groups is 1. The Balaban J connectivity index is 2.15. The summed E-state index contributed by atoms with van der Waals surface area (Å²) in [4.78, 5) is 25.4. The van der Waals surface area contributed by atoms with Gasteiger partial charge in [0.1, 0.15) is 5.82 Å². The Kier molecular flexibility index (Phi) is 5.23. The first kappa shape index (κ1) is 18.6. The topological polar surface area (TPSA) is 102 Å². The van der Waals surface area contributed by atoms with Crippen LogP contribution in [0.4, 0.5) is 0 Å². The van der Waals surface area contributed by atoms with E-state index in [0.717, 1.165) is 23.6 Å². The van der Waals surface area contributed by atoms with Crippen LogP contribution >= 0.6 is 0 Å². The predicted molar refractivity (Wildman–Crippen MR) is 103 cm³/mol. The molecule has 3 aromatic rings. The lowest BCUT2D eigenvalue weighted by Gasteiger charge is -2.08. The molecule has 3 rings (SSSR count). The van der Waals surface area contributed by atoms with Crippen molar-refractivity contribution < 1.29 is 15.0 Å². The molecule has 3 N–H and O–H groups in total. The van der Waals surface area contributed by atoms with Crippen molar-refractivity contribution in [3.63, 3.8) is 0 Å². The Morgan fingerprint density at radius 1 is 1.26 bits per heavy atom. The Bertz CT molecular complexity index is 979. The van der Waals surface area contributed by atoms with Crippen LogP contribution in [0, 0.1) is 6.92 Å². The van der Waals surface area contributed by atoms with Crippen molar-refractivity contribution in [3.8, 4) is 28.4 Å². The highest BCUT2D eigenvalue weighted by Crippen LogP contribution is 2.34. The highest BCUT2D eigenvalue weighted by Gasteiger charge is 2.18. The van der Waals surface area contributed by atoms with Crippen LogP contribution in [0.5, 0.6) is 5.88 Å². The fourth-order valence-corrected chi connectivity index (χ4v) is 2.87. The van der Waals surface area contributed by atoms with Crippen LogP contribution in [-0.4, -0.2) is 56.7 Å². The summed E-state index contributed by atoms with van der Waals surface area (Å²) in [6.07, 6.45) is 2.25. The lowest BCUT2D eigenvalue weighted by Crippen LogP contribution is -2.15. The standard InChI is InChI=1S/C20H22N4O3/c1-12-15(7-9-21-19(12)25)18-17(22-16(23-18)8-10-24(2)3)13-5-4-6-14(11-13)20(26)27/h4-7,9,11H,8,10H2,1-3H3,(H,21,25)(H,22,23)(H,26,27). The number of carboxylic acids is 1. The zero-order valence-corrected chi connectivity index (χ0v) is 15.5. The fraction of sp³-hybridized carbons (Fsp3) is 0.250. The number of rotatable bonds is 6. The molecule has 7 nitrogen and oxygen atoms in total. The van der Waals surface area contributed by atoms with E-state index < -0.39 is 5.97 Å². The molecule has 0 aliphatic carbocycles. The Morgan fingerprint density at radius 2 is 2.04 bits per heavy atom. The number of likely N-dealkylation sites (N-methyl/N-ethyl adjacent to an activating group) is 1. The quantitative estimate of drug-likeness (QED) is 0.620. The molecule has 0 aliphatic rings. The maximum Gasteiger partial charge on any atom is 0.335 e. The first-order valence-corrected chi connectivity index (χ1v) is 8.59. The number of nitrogens with zero attached hydrogens (tertiary/aromatic N) is 3. The van der Waals surface area contributed by atoms with Crippen LogP contribution < -0.4 is 0 Å². The van der Waals surface area contributed by atoms with E-state index in [-0.39, 0.29) is 11.4 Å². The number of H-pyrrole nitrogens is 1. The van der Waals surface area contributed by atoms with Gasteiger partial charge in [0.2, 0.25) is 5.88 Å². The number of carbonyl (C=O) groups is 1. The molecule has 7 heteroatoms. The van der Waals surface area contributed by atoms with Gasteiger partial charge in [0.05, 0.1) is 17.0 Å². The second-order valence-electron chi connectivity index (χ2n) is 6.65. The second kappa shape index (κ2) is 7.59. The molecule has 0 fully saturated rings. The van der Waals surface area contributed by atoms with Crippen molar-refractivity contribution in [1.29, 1.82) is 0 Å². The number of imidazole rings is 1. The molecule has 2 heterocycles. The van der Waals surface area contributed by atoms with E-state index in [4.69, 9.17) is 4.98 Å². The molecule has 0 bridgehead atoms. The average molecular weight is 366 g/mol. The van der Waals surface area contributed by atoms with Gasteiger partial charge in [-0.2, -0.15) is 0 Å². The summed E-state index contributed by atoms with van der Waals surface area (Å²) in [6, 6.07) is 8.50. The molecule has 140 valence electrons. The van der Waals surface area contributed by atoms with Crippen molar-refractivity contribution in [3.05, 3.63) is 53.5 Å². The molecule has 2 aromatic heterocycles. The van der Waals surface area contributed by atoms with Crippen molar-refractivity contribution in [2.45, 2.75) is 13.3 Å². The van der Waals surface area contributed by atoms with E-state index in [2.05, 4.69) is 14.9 Å². The van der Waals surface area contributed by atoms with Crippen molar-refractivity contribution in [1.82, 2.24) is 19.9 Å². The third-order valence-electron chi connectivity index (χ3n) is 4.38. The van der Waals surface area contributed by atoms with Gasteiger partial charge in [-0.1, -0.05) is 12.1 Å². The molecule has 27 heavy (non-hydrogen) atoms. The summed E-state index contributed by atoms with van der Waals surface area (Å²) in [7, 11) is 3.98. The van der Waals surface area contributed by atoms with Crippen molar-refractivity contribution in [2.75, 3.05) is 20.6 Å². The molecule has 0 spiro atoms. The highest BCUT2D eigenvalue weighted by atomic mass is 16.4. The summed E-state index contributed by atoms with van der Waals surface area (Å²) >= 11 is 0. The predicted octanol–water partition coefficient (Wildman–Crippen LogP) is 2.96. The van der Waals surface area contributed by atoms with Crippen LogP contribution in [0.1, 0.15) is 21.7 Å². The van der Waals surface area contributed by atoms with E-state index in [0.29, 0.717) is 23.2 Å². The zero-order valence-electron chi connectivity index (χ0n) is 15.5. The van der Waals surface area contributed by atoms with E-state index in [1.807, 2.05) is 26.2 Å². The van der Waals surface area contributed by atoms with E-state index in [1.54, 1.807) is 25.1 Å². The molecular weight excluding hydrogens is 344 g/mol. The van der Waals surface area contributed by atoms with E-state index in [1.165, 1.54) is 6.20 Å². The lowest BCUT2D eigenvalue weighted by atomic mass is 10.0. The second-order valence-corrected chi connectivity index (χ2v) is 6.65. The summed E-state index contributed by atoms with van der Waals surface area (Å²) < 4.78 is 0. The first-order valence-electron chi connectivity index (χ1n) is 8.59. The van der Waals surface area contributed by atoms with Crippen LogP contribution in [0.25, 0.3) is 22.5 Å². The normalized spacial score (nSPS) is 11.1. The van der Waals surface area contributed by atoms with Crippen molar-refractivity contribution in [2.24, 2.45) is 0 Å². The molecule has 0 saturated carbocycles. The fourth-order valence-electron chi connectivity index (χ4n) is 2.87. The number of carboxylic acid groups (broad SMARTS) is 1. The maximum atomic E-state index is 11.3. The summed E-state index contributed by atoms with van der Waals surface area (Å²) in [5.41, 5.74) is 3.71. The third kappa shape index (κ3) is 3.98. The molecule has 0 amide bonds. The van der Waals surface area contributed by atoms with Gasteiger partial charge in [-0.25, -0.2) is 14.8 Å². The van der Waals surface area contributed by atoms with Crippen molar-refractivity contribution >= 4 is 5.97 Å². The minimum Gasteiger partial charge on any atom is -0.493 e. The van der Waals surface area contributed by atoms with Gasteiger partial charge in [0.25, 0.3) is 0 Å². The number of hydrogen-bond donors (Lipinski definition) is 3. The number of pyridine rings is 1. The van der Waals surface area contributed by atoms with E-state index >= 15 is 0 Å². The molecule has 0 unspecified atom stereocenters. The molecule has 0 atom stereocenters. The molecular formula is C20H22N4O3. The number of aromatic carboxylic acids is 1. The maximum absolute atomic E-state index is 11.3. The summed E-state index contributed by atoms with van der Waals surface area (Å²) in [5, 5.41) is 19.3. The van der Waals surface area contributed by atoms with Gasteiger partial charge in [0.15, 0.2) is 0 Å². The van der Waals surface area contributed by atoms with Gasteiger partial charge in [-0.15, -0.1) is 0 Å². The summed E-state index contributed by atoms with van der Waals surface area (Å²) in [6.45, 7) is 2.61. The van der Waals surface area contributed by atoms with Gasteiger partial charge in [-0.05, 0) is 39.2 Å². The Labute approximate surface area is 157 Å². The van der Waals surface area contributed by atoms with Gasteiger partial charge < -0.3 is 20.1 Å². The van der Waals surface area contributed by atoms with Crippen LogP contribution in [0.15, 0.2) is 36.5 Å². The summed E-state index contributed by atoms with van der Waals surface area (Å²) in [5.74, 6) is -0.230. The SMILES string of the molecule is Cc1c(-c2[nH]c(CCN(C)C)nc2-c2cccc(C(=O)O)c2)ccnc1O. The van der Waals surface area contributed by atoms with Crippen LogP contribution in [0.3, 0.4) is 0 Å². The number of aromatic nitrogens is 3. The number of nitrogens with one attached hydrogen (secondary N) is 1. The van der Waals surface area contributed by atoms with Gasteiger partial charge in [-0.3, -0.25) is 0 Å². The lowest BCUT2D eigenvalue weighted by molar-refractivity contribution is 0.0697. The average Bonchev–Trinajstić information content (AvgIpc) is 3.06. The Hall–Kier alpha value is -3.19. The van der Waals surface area contributed by atoms with Gasteiger partial charge >= 0.3 is 5.97 Å². The number of hydrogen-bond acceptors (Lipinski definition) is 5. The minimum atomic E-state index is -0.987. The Morgan fingerprint density at radius 3 is 2.74 bits per heavy atom. The largest absolute Gasteiger partial charge is 0.493 e.